The molecule has 4 heterocycles. The number of nitrogens with one attached hydrogen (secondary N) is 1. The molecular formula is C19H24N4O2S. The third kappa shape index (κ3) is 2.77. The normalized spacial score (nSPS) is 28.9. The van der Waals surface area contributed by atoms with Gasteiger partial charge in [-0.3, -0.25) is 14.5 Å². The minimum Gasteiger partial charge on any atom is -0.342 e. The first kappa shape index (κ1) is 16.4. The number of hydrogen-bond donors (Lipinski definition) is 1. The van der Waals surface area contributed by atoms with Crippen LogP contribution in [0, 0.1) is 17.8 Å². The number of rotatable bonds is 3. The molecule has 26 heavy (non-hydrogen) atoms. The van der Waals surface area contributed by atoms with E-state index in [4.69, 9.17) is 0 Å². The van der Waals surface area contributed by atoms with E-state index in [2.05, 4.69) is 19.8 Å². The number of thiophene rings is 1. The fourth-order valence-corrected chi connectivity index (χ4v) is 5.69. The number of carbonyl (C=O) groups excluding carboxylic acids is 1. The van der Waals surface area contributed by atoms with Gasteiger partial charge in [-0.25, -0.2) is 4.98 Å². The minimum atomic E-state index is -0.0411. The molecule has 0 aromatic carbocycles. The van der Waals surface area contributed by atoms with Gasteiger partial charge in [0.2, 0.25) is 5.91 Å². The van der Waals surface area contributed by atoms with Crippen LogP contribution in [-0.4, -0.2) is 51.9 Å². The summed E-state index contributed by atoms with van der Waals surface area (Å²) in [6.07, 6.45) is 4.54. The highest BCUT2D eigenvalue weighted by Gasteiger charge is 2.48. The molecule has 3 atom stereocenters. The Kier molecular flexibility index (Phi) is 4.09. The maximum atomic E-state index is 12.8. The van der Waals surface area contributed by atoms with Crippen LogP contribution in [-0.2, 0) is 11.3 Å². The number of amides is 1. The Morgan fingerprint density at radius 3 is 3.00 bits per heavy atom. The van der Waals surface area contributed by atoms with Crippen molar-refractivity contribution in [2.75, 3.05) is 26.2 Å². The Morgan fingerprint density at radius 1 is 1.31 bits per heavy atom. The van der Waals surface area contributed by atoms with Crippen LogP contribution in [0.15, 0.2) is 16.2 Å². The molecule has 0 unspecified atom stereocenters. The third-order valence-electron chi connectivity index (χ3n) is 6.44. The second-order valence-electron chi connectivity index (χ2n) is 7.97. The van der Waals surface area contributed by atoms with Gasteiger partial charge in [0.05, 0.1) is 12.1 Å². The largest absolute Gasteiger partial charge is 0.342 e. The molecule has 2 aromatic heterocycles. The van der Waals surface area contributed by atoms with Gasteiger partial charge in [0.15, 0.2) is 0 Å². The predicted octanol–water partition coefficient (Wildman–Crippen LogP) is 2.07. The number of aromatic nitrogens is 2. The average Bonchev–Trinajstić information content (AvgIpc) is 3.28. The number of hydrogen-bond acceptors (Lipinski definition) is 5. The van der Waals surface area contributed by atoms with Gasteiger partial charge in [-0.05, 0) is 55.5 Å². The van der Waals surface area contributed by atoms with Crippen molar-refractivity contribution in [3.63, 3.8) is 0 Å². The summed E-state index contributed by atoms with van der Waals surface area (Å²) in [5.74, 6) is 2.52. The summed E-state index contributed by atoms with van der Waals surface area (Å²) < 4.78 is 0.697. The van der Waals surface area contributed by atoms with Gasteiger partial charge in [0.25, 0.3) is 5.56 Å². The Bertz CT molecular complexity index is 885. The lowest BCUT2D eigenvalue weighted by Gasteiger charge is -2.51. The highest BCUT2D eigenvalue weighted by molar-refractivity contribution is 7.17. The molecule has 1 aliphatic carbocycles. The number of aromatic amines is 1. The molecule has 2 saturated heterocycles. The molecule has 1 saturated carbocycles. The van der Waals surface area contributed by atoms with Crippen LogP contribution < -0.4 is 5.56 Å². The molecule has 1 N–H and O–H groups in total. The summed E-state index contributed by atoms with van der Waals surface area (Å²) in [6, 6.07) is 1.90. The number of H-pyrrole nitrogens is 1. The molecule has 3 aliphatic rings. The Morgan fingerprint density at radius 2 is 2.15 bits per heavy atom. The van der Waals surface area contributed by atoms with Crippen LogP contribution >= 0.6 is 11.3 Å². The van der Waals surface area contributed by atoms with Crippen LogP contribution in [0.3, 0.4) is 0 Å². The summed E-state index contributed by atoms with van der Waals surface area (Å²) in [6.45, 7) is 4.52. The van der Waals surface area contributed by atoms with Crippen molar-refractivity contribution in [1.82, 2.24) is 19.8 Å². The van der Waals surface area contributed by atoms with E-state index >= 15 is 0 Å². The van der Waals surface area contributed by atoms with Crippen molar-refractivity contribution in [2.24, 2.45) is 17.8 Å². The molecule has 1 amide bonds. The van der Waals surface area contributed by atoms with Gasteiger partial charge in [-0.2, -0.15) is 0 Å². The first-order valence-corrected chi connectivity index (χ1v) is 10.5. The van der Waals surface area contributed by atoms with Crippen LogP contribution in [0.2, 0.25) is 0 Å². The lowest BCUT2D eigenvalue weighted by molar-refractivity contribution is -0.147. The molecule has 7 heteroatoms. The summed E-state index contributed by atoms with van der Waals surface area (Å²) in [5, 5.41) is 1.91. The fourth-order valence-electron chi connectivity index (χ4n) is 4.96. The van der Waals surface area contributed by atoms with Gasteiger partial charge < -0.3 is 9.88 Å². The molecule has 0 spiro atoms. The topological polar surface area (TPSA) is 69.3 Å². The van der Waals surface area contributed by atoms with Crippen molar-refractivity contribution in [1.29, 1.82) is 0 Å². The molecule has 138 valence electrons. The lowest BCUT2D eigenvalue weighted by Crippen LogP contribution is -2.55. The SMILES string of the molecule is O=C([C@@H]1C[C@H]2CCN(Cc3nc4ccsc4c(=O)[nH]3)C[C@H]21)N1CCCC1. The third-order valence-corrected chi connectivity index (χ3v) is 7.34. The van der Waals surface area contributed by atoms with Gasteiger partial charge in [-0.1, -0.05) is 0 Å². The summed E-state index contributed by atoms with van der Waals surface area (Å²) in [7, 11) is 0. The van der Waals surface area contributed by atoms with Gasteiger partial charge in [0.1, 0.15) is 10.5 Å². The maximum Gasteiger partial charge on any atom is 0.268 e. The second kappa shape index (κ2) is 6.46. The maximum absolute atomic E-state index is 12.8. The Hall–Kier alpha value is -1.73. The summed E-state index contributed by atoms with van der Waals surface area (Å²) in [5.41, 5.74) is 0.745. The fraction of sp³-hybridized carbons (Fsp3) is 0.632. The highest BCUT2D eigenvalue weighted by atomic mass is 32.1. The Balaban J connectivity index is 1.27. The van der Waals surface area contributed by atoms with Crippen LogP contribution in [0.4, 0.5) is 0 Å². The molecule has 2 aliphatic heterocycles. The number of piperidine rings is 1. The first-order chi connectivity index (χ1) is 12.7. The number of likely N-dealkylation sites (tertiary alicyclic amines) is 2. The molecule has 5 rings (SSSR count). The number of carbonyl (C=O) groups is 1. The quantitative estimate of drug-likeness (QED) is 0.895. The molecule has 3 fully saturated rings. The smallest absolute Gasteiger partial charge is 0.268 e. The van der Waals surface area contributed by atoms with E-state index in [9.17, 15) is 9.59 Å². The van der Waals surface area contributed by atoms with E-state index < -0.39 is 0 Å². The van der Waals surface area contributed by atoms with Crippen molar-refractivity contribution in [3.8, 4) is 0 Å². The highest BCUT2D eigenvalue weighted by Crippen LogP contribution is 2.46. The second-order valence-corrected chi connectivity index (χ2v) is 8.89. The zero-order chi connectivity index (χ0) is 17.7. The van der Waals surface area contributed by atoms with Gasteiger partial charge in [0, 0.05) is 25.6 Å². The van der Waals surface area contributed by atoms with Crippen molar-refractivity contribution in [2.45, 2.75) is 32.2 Å². The lowest BCUT2D eigenvalue weighted by atomic mass is 9.61. The van der Waals surface area contributed by atoms with E-state index in [1.807, 2.05) is 11.4 Å². The molecule has 2 aromatic rings. The van der Waals surface area contributed by atoms with E-state index in [1.54, 1.807) is 0 Å². The van der Waals surface area contributed by atoms with Crippen LogP contribution in [0.5, 0.6) is 0 Å². The van der Waals surface area contributed by atoms with Gasteiger partial charge >= 0.3 is 0 Å². The Labute approximate surface area is 156 Å². The minimum absolute atomic E-state index is 0.0411. The van der Waals surface area contributed by atoms with Crippen molar-refractivity contribution in [3.05, 3.63) is 27.6 Å². The molecule has 0 radical (unpaired) electrons. The zero-order valence-electron chi connectivity index (χ0n) is 14.8. The van der Waals surface area contributed by atoms with E-state index in [1.165, 1.54) is 11.3 Å². The molecular weight excluding hydrogens is 348 g/mol. The zero-order valence-corrected chi connectivity index (χ0v) is 15.6. The summed E-state index contributed by atoms with van der Waals surface area (Å²) >= 11 is 1.43. The van der Waals surface area contributed by atoms with E-state index in [-0.39, 0.29) is 11.5 Å². The number of nitrogens with zero attached hydrogens (tertiary/aromatic N) is 3. The molecule has 6 nitrogen and oxygen atoms in total. The van der Waals surface area contributed by atoms with Crippen LogP contribution in [0.1, 0.15) is 31.5 Å². The first-order valence-electron chi connectivity index (χ1n) is 9.66. The van der Waals surface area contributed by atoms with Crippen LogP contribution in [0.25, 0.3) is 10.2 Å². The molecule has 0 bridgehead atoms. The monoisotopic (exact) mass is 372 g/mol. The van der Waals surface area contributed by atoms with E-state index in [0.29, 0.717) is 29.0 Å². The van der Waals surface area contributed by atoms with Gasteiger partial charge in [-0.15, -0.1) is 11.3 Å². The standard InChI is InChI=1S/C19H24N4O2S/c24-18-17-15(4-8-26-17)20-16(21-18)11-22-7-3-12-9-13(14(12)10-22)19(25)23-5-1-2-6-23/h4,8,12-14H,1-3,5-7,9-11H2,(H,20,21,24)/t12-,13-,14-/m1/s1. The van der Waals surface area contributed by atoms with E-state index in [0.717, 1.165) is 63.2 Å². The predicted molar refractivity (Wildman–Crippen MR) is 101 cm³/mol. The summed E-state index contributed by atoms with van der Waals surface area (Å²) in [4.78, 5) is 36.9. The number of fused-ring (bicyclic) bond motifs is 2. The average molecular weight is 372 g/mol. The van der Waals surface area contributed by atoms with Crippen molar-refractivity contribution < 1.29 is 4.79 Å². The van der Waals surface area contributed by atoms with Crippen molar-refractivity contribution >= 4 is 27.5 Å².